The molecule has 0 aromatic rings. The van der Waals surface area contributed by atoms with Crippen LogP contribution in [-0.4, -0.2) is 44.7 Å². The number of unbranched alkanes of at least 4 members (excludes halogenated alkanes) is 11. The van der Waals surface area contributed by atoms with E-state index in [2.05, 4.69) is 25.8 Å². The van der Waals surface area contributed by atoms with E-state index in [1.165, 1.54) is 64.2 Å². The Balaban J connectivity index is 1.69. The summed E-state index contributed by atoms with van der Waals surface area (Å²) in [5.74, 6) is -0.640. The first-order chi connectivity index (χ1) is 15.6. The van der Waals surface area contributed by atoms with Gasteiger partial charge < -0.3 is 15.3 Å². The summed E-state index contributed by atoms with van der Waals surface area (Å²) in [7, 11) is 0. The van der Waals surface area contributed by atoms with Crippen molar-refractivity contribution in [3.8, 4) is 0 Å². The summed E-state index contributed by atoms with van der Waals surface area (Å²) in [6.07, 6.45) is 18.9. The van der Waals surface area contributed by atoms with Gasteiger partial charge in [0.1, 0.15) is 11.7 Å². The smallest absolute Gasteiger partial charge is 0.331 e. The highest BCUT2D eigenvalue weighted by Gasteiger charge is 2.61. The van der Waals surface area contributed by atoms with Gasteiger partial charge in [-0.3, -0.25) is 4.99 Å². The fraction of sp³-hybridized carbons (Fsp3) is 0.857. The normalized spacial score (nSPS) is 29.2. The Morgan fingerprint density at radius 2 is 1.58 bits per heavy atom. The standard InChI is InChI=1S/C28H49NO4/c1-5-6-7-8-9-10-11-12-13-14-15-16-17-18-22(30)25(26(31)32)29-24-20-21-19-23(27(21,2)3)28(24,4)33/h17-18,21-23,25,30,33H,5-16,19-20H2,1-4H3,(H,31,32)/b18-17?,29-24+/t21-,22?,23-,25?,28-/m0/s1. The van der Waals surface area contributed by atoms with E-state index in [1.807, 2.05) is 6.08 Å². The third-order valence-corrected chi connectivity index (χ3v) is 8.35. The number of nitrogens with zero attached hydrogens (tertiary/aromatic N) is 1. The van der Waals surface area contributed by atoms with Gasteiger partial charge in [-0.1, -0.05) is 97.1 Å². The molecule has 5 nitrogen and oxygen atoms in total. The van der Waals surface area contributed by atoms with E-state index in [-0.39, 0.29) is 11.3 Å². The van der Waals surface area contributed by atoms with Gasteiger partial charge in [0.05, 0.1) is 0 Å². The Morgan fingerprint density at radius 1 is 1.03 bits per heavy atom. The molecule has 190 valence electrons. The number of aliphatic imine (C=N–C) groups is 1. The lowest BCUT2D eigenvalue weighted by Gasteiger charge is -2.62. The summed E-state index contributed by atoms with van der Waals surface area (Å²) < 4.78 is 0. The minimum Gasteiger partial charge on any atom is -0.480 e. The van der Waals surface area contributed by atoms with Gasteiger partial charge in [-0.2, -0.15) is 0 Å². The van der Waals surface area contributed by atoms with Crippen molar-refractivity contribution >= 4 is 11.7 Å². The topological polar surface area (TPSA) is 90.1 Å². The van der Waals surface area contributed by atoms with Crippen molar-refractivity contribution in [1.29, 1.82) is 0 Å². The number of rotatable bonds is 16. The molecule has 3 aliphatic rings. The van der Waals surface area contributed by atoms with Crippen molar-refractivity contribution < 1.29 is 20.1 Å². The number of hydrogen-bond acceptors (Lipinski definition) is 4. The van der Waals surface area contributed by atoms with Gasteiger partial charge in [-0.15, -0.1) is 0 Å². The molecular formula is C28H49NO4. The molecule has 33 heavy (non-hydrogen) atoms. The van der Waals surface area contributed by atoms with Crippen molar-refractivity contribution in [3.63, 3.8) is 0 Å². The predicted octanol–water partition coefficient (Wildman–Crippen LogP) is 6.32. The van der Waals surface area contributed by atoms with Gasteiger partial charge in [0.2, 0.25) is 0 Å². The number of carbonyl (C=O) groups is 1. The molecule has 3 rings (SSSR count). The van der Waals surface area contributed by atoms with Crippen LogP contribution in [0.4, 0.5) is 0 Å². The van der Waals surface area contributed by atoms with Gasteiger partial charge in [-0.25, -0.2) is 4.79 Å². The van der Waals surface area contributed by atoms with E-state index in [1.54, 1.807) is 13.0 Å². The molecule has 3 N–H and O–H groups in total. The molecule has 5 heteroatoms. The van der Waals surface area contributed by atoms with E-state index in [0.717, 1.165) is 19.3 Å². The number of carboxylic acid groups (broad SMARTS) is 1. The second-order valence-electron chi connectivity index (χ2n) is 11.3. The largest absolute Gasteiger partial charge is 0.480 e. The molecule has 0 spiro atoms. The number of allylic oxidation sites excluding steroid dienone is 1. The van der Waals surface area contributed by atoms with Crippen LogP contribution in [0.1, 0.15) is 118 Å². The zero-order valence-electron chi connectivity index (χ0n) is 21.6. The van der Waals surface area contributed by atoms with Crippen LogP contribution < -0.4 is 0 Å². The van der Waals surface area contributed by atoms with E-state index >= 15 is 0 Å². The van der Waals surface area contributed by atoms with Crippen LogP contribution in [0, 0.1) is 17.3 Å². The highest BCUT2D eigenvalue weighted by atomic mass is 16.4. The molecule has 3 fully saturated rings. The summed E-state index contributed by atoms with van der Waals surface area (Å²) in [6, 6.07) is -1.26. The van der Waals surface area contributed by atoms with Crippen molar-refractivity contribution in [3.05, 3.63) is 12.2 Å². The second kappa shape index (κ2) is 13.0. The summed E-state index contributed by atoms with van der Waals surface area (Å²) in [5.41, 5.74) is -0.521. The maximum Gasteiger partial charge on any atom is 0.331 e. The molecular weight excluding hydrogens is 414 g/mol. The Labute approximate surface area is 201 Å². The van der Waals surface area contributed by atoms with Crippen LogP contribution in [0.15, 0.2) is 17.1 Å². The Morgan fingerprint density at radius 3 is 2.06 bits per heavy atom. The minimum absolute atomic E-state index is 0.0500. The lowest BCUT2D eigenvalue weighted by molar-refractivity contribution is -0.141. The Kier molecular flexibility index (Phi) is 11.1. The van der Waals surface area contributed by atoms with Crippen molar-refractivity contribution in [2.75, 3.05) is 0 Å². The third kappa shape index (κ3) is 7.65. The molecule has 0 amide bonds. The monoisotopic (exact) mass is 463 g/mol. The number of fused-ring (bicyclic) bond motifs is 2. The number of hydrogen-bond donors (Lipinski definition) is 3. The molecule has 0 aromatic heterocycles. The first kappa shape index (κ1) is 28.0. The van der Waals surface area contributed by atoms with Gasteiger partial charge in [0.25, 0.3) is 0 Å². The lowest BCUT2D eigenvalue weighted by Crippen LogP contribution is -2.65. The predicted molar refractivity (Wildman–Crippen MR) is 136 cm³/mol. The molecule has 2 unspecified atom stereocenters. The van der Waals surface area contributed by atoms with E-state index in [0.29, 0.717) is 18.1 Å². The zero-order valence-corrected chi connectivity index (χ0v) is 21.6. The van der Waals surface area contributed by atoms with Gasteiger partial charge in [0, 0.05) is 5.71 Å². The highest BCUT2D eigenvalue weighted by molar-refractivity contribution is 5.96. The average Bonchev–Trinajstić information content (AvgIpc) is 2.74. The van der Waals surface area contributed by atoms with Crippen molar-refractivity contribution in [2.24, 2.45) is 22.2 Å². The third-order valence-electron chi connectivity index (χ3n) is 8.35. The fourth-order valence-corrected chi connectivity index (χ4v) is 5.85. The Bertz CT molecular complexity index is 667. The maximum absolute atomic E-state index is 11.8. The summed E-state index contributed by atoms with van der Waals surface area (Å²) >= 11 is 0. The quantitative estimate of drug-likeness (QED) is 0.185. The maximum atomic E-state index is 11.8. The summed E-state index contributed by atoms with van der Waals surface area (Å²) in [5, 5.41) is 31.2. The number of aliphatic carboxylic acids is 1. The van der Waals surface area contributed by atoms with Gasteiger partial charge >= 0.3 is 5.97 Å². The molecule has 5 atom stereocenters. The molecule has 0 saturated heterocycles. The van der Waals surface area contributed by atoms with Crippen LogP contribution in [0.25, 0.3) is 0 Å². The van der Waals surface area contributed by atoms with E-state index in [9.17, 15) is 20.1 Å². The van der Waals surface area contributed by atoms with Crippen LogP contribution in [-0.2, 0) is 4.79 Å². The summed E-state index contributed by atoms with van der Waals surface area (Å²) in [4.78, 5) is 16.2. The van der Waals surface area contributed by atoms with Crippen LogP contribution in [0.2, 0.25) is 0 Å². The first-order valence-electron chi connectivity index (χ1n) is 13.5. The van der Waals surface area contributed by atoms with Crippen LogP contribution in [0.3, 0.4) is 0 Å². The van der Waals surface area contributed by atoms with Gasteiger partial charge in [-0.05, 0) is 49.9 Å². The molecule has 0 aliphatic heterocycles. The highest BCUT2D eigenvalue weighted by Crippen LogP contribution is 2.61. The van der Waals surface area contributed by atoms with Crippen molar-refractivity contribution in [1.82, 2.24) is 0 Å². The molecule has 3 aliphatic carbocycles. The average molecular weight is 464 g/mol. The Hall–Kier alpha value is -1.20. The first-order valence-corrected chi connectivity index (χ1v) is 13.5. The molecule has 2 bridgehead atoms. The van der Waals surface area contributed by atoms with Crippen LogP contribution >= 0.6 is 0 Å². The minimum atomic E-state index is -1.26. The lowest BCUT2D eigenvalue weighted by atomic mass is 9.44. The second-order valence-corrected chi connectivity index (χ2v) is 11.3. The van der Waals surface area contributed by atoms with E-state index in [4.69, 9.17) is 0 Å². The number of carboxylic acids is 1. The molecule has 0 radical (unpaired) electrons. The number of aliphatic hydroxyl groups is 2. The molecule has 0 aromatic carbocycles. The molecule has 0 heterocycles. The SMILES string of the molecule is CCCCCCCCCCCCCC=CC(O)C(/N=C1\C[C@@H]2C[C@@H](C2(C)C)[C@]1(C)O)C(=O)O. The fourth-order valence-electron chi connectivity index (χ4n) is 5.85. The van der Waals surface area contributed by atoms with Crippen LogP contribution in [0.5, 0.6) is 0 Å². The van der Waals surface area contributed by atoms with E-state index < -0.39 is 23.7 Å². The zero-order chi connectivity index (χ0) is 24.5. The van der Waals surface area contributed by atoms with Crippen molar-refractivity contribution in [2.45, 2.75) is 135 Å². The van der Waals surface area contributed by atoms with Gasteiger partial charge in [0.15, 0.2) is 6.04 Å². The number of aliphatic hydroxyl groups excluding tert-OH is 1. The molecule has 3 saturated carbocycles. The summed E-state index contributed by atoms with van der Waals surface area (Å²) in [6.45, 7) is 8.33.